The Morgan fingerprint density at radius 2 is 1.76 bits per heavy atom. The van der Waals surface area contributed by atoms with Gasteiger partial charge in [-0.1, -0.05) is 0 Å². The molecule has 1 aliphatic carbocycles. The van der Waals surface area contributed by atoms with Crippen LogP contribution in [0.5, 0.6) is 5.88 Å². The number of likely N-dealkylation sites (tertiary alicyclic amines) is 1. The first kappa shape index (κ1) is 21.4. The largest absolute Gasteiger partial charge is 0.474 e. The Labute approximate surface area is 167 Å². The van der Waals surface area contributed by atoms with Gasteiger partial charge in [0, 0.05) is 44.2 Å². The molecule has 1 saturated carbocycles. The van der Waals surface area contributed by atoms with Gasteiger partial charge in [-0.3, -0.25) is 9.59 Å². The first-order valence-electron chi connectivity index (χ1n) is 9.98. The summed E-state index contributed by atoms with van der Waals surface area (Å²) in [5, 5.41) is 3.10. The van der Waals surface area contributed by atoms with Gasteiger partial charge in [0.05, 0.1) is 5.56 Å². The summed E-state index contributed by atoms with van der Waals surface area (Å²) in [5.41, 5.74) is -0.801. The molecule has 9 heteroatoms. The molecule has 6 nitrogen and oxygen atoms in total. The van der Waals surface area contributed by atoms with Gasteiger partial charge in [0.1, 0.15) is 6.10 Å². The number of hydrogen-bond acceptors (Lipinski definition) is 4. The summed E-state index contributed by atoms with van der Waals surface area (Å²) in [4.78, 5) is 29.4. The highest BCUT2D eigenvalue weighted by Gasteiger charge is 2.32. The second-order valence-electron chi connectivity index (χ2n) is 7.76. The maximum Gasteiger partial charge on any atom is 0.417 e. The van der Waals surface area contributed by atoms with E-state index in [9.17, 15) is 22.8 Å². The van der Waals surface area contributed by atoms with E-state index in [1.165, 1.54) is 6.07 Å². The standard InChI is InChI=1S/C20H26F3N3O3/c1-13(27)26-10-8-14(9-11-26)19(28)25-16-3-5-17(6-4-16)29-18-7-2-15(12-24-18)20(21,22)23/h2,7,12,14,16-17H,3-6,8-11H2,1H3,(H,25,28). The van der Waals surface area contributed by atoms with Gasteiger partial charge in [-0.2, -0.15) is 13.2 Å². The molecule has 1 N–H and O–H groups in total. The summed E-state index contributed by atoms with van der Waals surface area (Å²) in [6.45, 7) is 2.78. The van der Waals surface area contributed by atoms with Crippen molar-refractivity contribution in [2.75, 3.05) is 13.1 Å². The van der Waals surface area contributed by atoms with Crippen molar-refractivity contribution < 1.29 is 27.5 Å². The topological polar surface area (TPSA) is 71.5 Å². The van der Waals surface area contributed by atoms with Gasteiger partial charge in [0.2, 0.25) is 17.7 Å². The third kappa shape index (κ3) is 5.83. The summed E-state index contributed by atoms with van der Waals surface area (Å²) in [6.07, 6.45) is 0.529. The van der Waals surface area contributed by atoms with Crippen LogP contribution in [0.25, 0.3) is 0 Å². The smallest absolute Gasteiger partial charge is 0.417 e. The Kier molecular flexibility index (Phi) is 6.64. The average Bonchev–Trinajstić information content (AvgIpc) is 2.69. The number of pyridine rings is 1. The van der Waals surface area contributed by atoms with Gasteiger partial charge < -0.3 is 15.0 Å². The minimum Gasteiger partial charge on any atom is -0.474 e. The van der Waals surface area contributed by atoms with Gasteiger partial charge in [-0.25, -0.2) is 4.98 Å². The highest BCUT2D eigenvalue weighted by atomic mass is 19.4. The normalized spacial score (nSPS) is 23.5. The Bertz CT molecular complexity index is 708. The van der Waals surface area contributed by atoms with Crippen molar-refractivity contribution in [3.05, 3.63) is 23.9 Å². The fraction of sp³-hybridized carbons (Fsp3) is 0.650. The van der Waals surface area contributed by atoms with Crippen molar-refractivity contribution in [2.24, 2.45) is 5.92 Å². The number of amides is 2. The van der Waals surface area contributed by atoms with E-state index in [0.29, 0.717) is 38.8 Å². The molecule has 1 aromatic rings. The number of ether oxygens (including phenoxy) is 1. The second-order valence-corrected chi connectivity index (χ2v) is 7.76. The van der Waals surface area contributed by atoms with E-state index in [1.54, 1.807) is 11.8 Å². The fourth-order valence-corrected chi connectivity index (χ4v) is 3.89. The molecule has 160 valence electrons. The molecule has 1 aliphatic heterocycles. The predicted molar refractivity (Wildman–Crippen MR) is 99.0 cm³/mol. The molecule has 1 aromatic heterocycles. The van der Waals surface area contributed by atoms with Crippen LogP contribution in [-0.4, -0.2) is 46.9 Å². The molecule has 1 saturated heterocycles. The van der Waals surface area contributed by atoms with Gasteiger partial charge in [-0.05, 0) is 44.6 Å². The van der Waals surface area contributed by atoms with E-state index >= 15 is 0 Å². The molecule has 2 amide bonds. The number of hydrogen-bond donors (Lipinski definition) is 1. The molecule has 2 heterocycles. The van der Waals surface area contributed by atoms with Gasteiger partial charge >= 0.3 is 6.18 Å². The first-order valence-corrected chi connectivity index (χ1v) is 9.98. The van der Waals surface area contributed by atoms with Crippen LogP contribution in [0.2, 0.25) is 0 Å². The van der Waals surface area contributed by atoms with E-state index in [2.05, 4.69) is 10.3 Å². The molecule has 0 unspecified atom stereocenters. The molecule has 2 aliphatic rings. The number of rotatable bonds is 4. The number of nitrogens with one attached hydrogen (secondary N) is 1. The highest BCUT2D eigenvalue weighted by Crippen LogP contribution is 2.30. The van der Waals surface area contributed by atoms with Crippen LogP contribution in [0.3, 0.4) is 0 Å². The lowest BCUT2D eigenvalue weighted by atomic mass is 9.91. The molecule has 0 atom stereocenters. The van der Waals surface area contributed by atoms with Crippen molar-refractivity contribution in [3.63, 3.8) is 0 Å². The van der Waals surface area contributed by atoms with Gasteiger partial charge in [0.25, 0.3) is 0 Å². The van der Waals surface area contributed by atoms with Crippen LogP contribution in [0.4, 0.5) is 13.2 Å². The molecule has 3 rings (SSSR count). The molecule has 29 heavy (non-hydrogen) atoms. The SMILES string of the molecule is CC(=O)N1CCC(C(=O)NC2CCC(Oc3ccc(C(F)(F)F)cn3)CC2)CC1. The lowest BCUT2D eigenvalue weighted by molar-refractivity contribution is -0.138. The molecule has 2 fully saturated rings. The van der Waals surface area contributed by atoms with E-state index < -0.39 is 11.7 Å². The summed E-state index contributed by atoms with van der Waals surface area (Å²) < 4.78 is 43.4. The first-order chi connectivity index (χ1) is 13.7. The zero-order valence-corrected chi connectivity index (χ0v) is 16.4. The number of aromatic nitrogens is 1. The molecule has 0 spiro atoms. The lowest BCUT2D eigenvalue weighted by Gasteiger charge is -2.33. The Morgan fingerprint density at radius 3 is 2.28 bits per heavy atom. The van der Waals surface area contributed by atoms with Crippen LogP contribution in [-0.2, 0) is 15.8 Å². The maximum absolute atomic E-state index is 12.6. The quantitative estimate of drug-likeness (QED) is 0.823. The maximum atomic E-state index is 12.6. The number of alkyl halides is 3. The van der Waals surface area contributed by atoms with Crippen LogP contribution in [0.15, 0.2) is 18.3 Å². The Morgan fingerprint density at radius 1 is 1.10 bits per heavy atom. The summed E-state index contributed by atoms with van der Waals surface area (Å²) in [6, 6.07) is 2.28. The van der Waals surface area contributed by atoms with Crippen LogP contribution >= 0.6 is 0 Å². The zero-order chi connectivity index (χ0) is 21.0. The van der Waals surface area contributed by atoms with Gasteiger partial charge in [0.15, 0.2) is 0 Å². The van der Waals surface area contributed by atoms with Gasteiger partial charge in [-0.15, -0.1) is 0 Å². The highest BCUT2D eigenvalue weighted by molar-refractivity contribution is 5.79. The van der Waals surface area contributed by atoms with E-state index in [1.807, 2.05) is 0 Å². The molecule has 0 bridgehead atoms. The van der Waals surface area contributed by atoms with E-state index in [0.717, 1.165) is 25.1 Å². The summed E-state index contributed by atoms with van der Waals surface area (Å²) >= 11 is 0. The third-order valence-electron chi connectivity index (χ3n) is 5.68. The van der Waals surface area contributed by atoms with Crippen LogP contribution in [0.1, 0.15) is 51.0 Å². The molecule has 0 aromatic carbocycles. The zero-order valence-electron chi connectivity index (χ0n) is 16.4. The fourth-order valence-electron chi connectivity index (χ4n) is 3.89. The van der Waals surface area contributed by atoms with Crippen molar-refractivity contribution in [1.29, 1.82) is 0 Å². The summed E-state index contributed by atoms with van der Waals surface area (Å²) in [7, 11) is 0. The molecular weight excluding hydrogens is 387 g/mol. The minimum atomic E-state index is -4.41. The predicted octanol–water partition coefficient (Wildman–Crippen LogP) is 3.17. The Hall–Kier alpha value is -2.32. The number of carbonyl (C=O) groups excluding carboxylic acids is 2. The number of piperidine rings is 1. The summed E-state index contributed by atoms with van der Waals surface area (Å²) in [5.74, 6) is 0.213. The number of halogens is 3. The third-order valence-corrected chi connectivity index (χ3v) is 5.68. The monoisotopic (exact) mass is 413 g/mol. The van der Waals surface area contributed by atoms with Crippen LogP contribution < -0.4 is 10.1 Å². The van der Waals surface area contributed by atoms with Crippen molar-refractivity contribution in [1.82, 2.24) is 15.2 Å². The van der Waals surface area contributed by atoms with E-state index in [-0.39, 0.29) is 35.8 Å². The number of nitrogens with zero attached hydrogens (tertiary/aromatic N) is 2. The van der Waals surface area contributed by atoms with Crippen molar-refractivity contribution in [3.8, 4) is 5.88 Å². The minimum absolute atomic E-state index is 0.0435. The lowest BCUT2D eigenvalue weighted by Crippen LogP contribution is -2.46. The van der Waals surface area contributed by atoms with E-state index in [4.69, 9.17) is 4.74 Å². The van der Waals surface area contributed by atoms with Crippen molar-refractivity contribution in [2.45, 2.75) is 63.8 Å². The van der Waals surface area contributed by atoms with Crippen LogP contribution in [0, 0.1) is 5.92 Å². The average molecular weight is 413 g/mol. The Balaban J connectivity index is 1.40. The second kappa shape index (κ2) is 9.00. The molecular formula is C20H26F3N3O3. The van der Waals surface area contributed by atoms with Crippen molar-refractivity contribution >= 4 is 11.8 Å². The number of carbonyl (C=O) groups is 2. The molecule has 0 radical (unpaired) electrons.